The zero-order valence-corrected chi connectivity index (χ0v) is 14.4. The standard InChI is InChI=1S/C19H31NO2/c1-15(17(21)10-14-20-12-5-6-13-20)7-8-18-16(2)9-11-19(3,4)22-18/h7-8,17,21H,2,5-6,9-14H2,1,3-4H3/b15-7+,18-8+. The highest BCUT2D eigenvalue weighted by Gasteiger charge is 2.27. The number of allylic oxidation sites excluding steroid dienone is 3. The Kier molecular flexibility index (Phi) is 5.87. The van der Waals surface area contributed by atoms with Gasteiger partial charge in [0.05, 0.1) is 6.10 Å². The van der Waals surface area contributed by atoms with E-state index in [0.29, 0.717) is 0 Å². The van der Waals surface area contributed by atoms with Crippen LogP contribution in [0.3, 0.4) is 0 Å². The van der Waals surface area contributed by atoms with Gasteiger partial charge in [-0.3, -0.25) is 0 Å². The second kappa shape index (κ2) is 7.47. The molecule has 2 heterocycles. The summed E-state index contributed by atoms with van der Waals surface area (Å²) in [6.45, 7) is 13.6. The lowest BCUT2D eigenvalue weighted by molar-refractivity contribution is 0.0158. The average molecular weight is 305 g/mol. The molecule has 0 spiro atoms. The topological polar surface area (TPSA) is 32.7 Å². The summed E-state index contributed by atoms with van der Waals surface area (Å²) in [5.74, 6) is 0.863. The van der Waals surface area contributed by atoms with E-state index < -0.39 is 0 Å². The van der Waals surface area contributed by atoms with E-state index in [2.05, 4.69) is 25.3 Å². The normalized spacial score (nSPS) is 26.3. The number of aliphatic hydroxyl groups excluding tert-OH is 1. The van der Waals surface area contributed by atoms with Gasteiger partial charge in [-0.25, -0.2) is 0 Å². The maximum absolute atomic E-state index is 10.3. The minimum absolute atomic E-state index is 0.122. The lowest BCUT2D eigenvalue weighted by atomic mass is 9.94. The Balaban J connectivity index is 1.89. The molecule has 0 aliphatic carbocycles. The fraction of sp³-hybridized carbons (Fsp3) is 0.684. The number of hydrogen-bond acceptors (Lipinski definition) is 3. The van der Waals surface area contributed by atoms with Crippen LogP contribution in [0.5, 0.6) is 0 Å². The summed E-state index contributed by atoms with van der Waals surface area (Å²) in [6.07, 6.45) is 8.96. The highest BCUT2D eigenvalue weighted by Crippen LogP contribution is 2.33. The molecule has 0 saturated carbocycles. The van der Waals surface area contributed by atoms with Crippen molar-refractivity contribution in [2.45, 2.75) is 64.6 Å². The Morgan fingerprint density at radius 2 is 2.09 bits per heavy atom. The smallest absolute Gasteiger partial charge is 0.122 e. The zero-order valence-electron chi connectivity index (χ0n) is 14.4. The van der Waals surface area contributed by atoms with E-state index in [4.69, 9.17) is 4.74 Å². The van der Waals surface area contributed by atoms with Crippen LogP contribution in [0.25, 0.3) is 0 Å². The molecular weight excluding hydrogens is 274 g/mol. The van der Waals surface area contributed by atoms with Crippen LogP contribution in [-0.4, -0.2) is 41.3 Å². The highest BCUT2D eigenvalue weighted by molar-refractivity contribution is 5.30. The van der Waals surface area contributed by atoms with Gasteiger partial charge in [-0.05, 0) is 83.2 Å². The molecule has 0 radical (unpaired) electrons. The molecule has 2 fully saturated rings. The number of rotatable bonds is 5. The van der Waals surface area contributed by atoms with E-state index in [1.165, 1.54) is 25.9 Å². The Morgan fingerprint density at radius 3 is 2.77 bits per heavy atom. The zero-order chi connectivity index (χ0) is 16.2. The predicted molar refractivity (Wildman–Crippen MR) is 91.7 cm³/mol. The quantitative estimate of drug-likeness (QED) is 0.838. The first-order chi connectivity index (χ1) is 10.4. The second-order valence-corrected chi connectivity index (χ2v) is 7.26. The van der Waals surface area contributed by atoms with Crippen molar-refractivity contribution >= 4 is 0 Å². The Labute approximate surface area is 135 Å². The number of ether oxygens (including phenoxy) is 1. The molecule has 124 valence electrons. The van der Waals surface area contributed by atoms with Crippen LogP contribution in [0.4, 0.5) is 0 Å². The summed E-state index contributed by atoms with van der Waals surface area (Å²) < 4.78 is 5.98. The fourth-order valence-corrected chi connectivity index (χ4v) is 3.00. The van der Waals surface area contributed by atoms with Crippen LogP contribution in [0.15, 0.2) is 35.6 Å². The lowest BCUT2D eigenvalue weighted by Crippen LogP contribution is -2.28. The third-order valence-electron chi connectivity index (χ3n) is 4.70. The first-order valence-electron chi connectivity index (χ1n) is 8.53. The van der Waals surface area contributed by atoms with Gasteiger partial charge >= 0.3 is 0 Å². The predicted octanol–water partition coefficient (Wildman–Crippen LogP) is 3.81. The van der Waals surface area contributed by atoms with E-state index >= 15 is 0 Å². The first kappa shape index (κ1) is 17.3. The summed E-state index contributed by atoms with van der Waals surface area (Å²) in [5.41, 5.74) is 1.92. The monoisotopic (exact) mass is 305 g/mol. The molecule has 0 bridgehead atoms. The summed E-state index contributed by atoms with van der Waals surface area (Å²) in [7, 11) is 0. The van der Waals surface area contributed by atoms with Crippen molar-refractivity contribution in [2.75, 3.05) is 19.6 Å². The van der Waals surface area contributed by atoms with E-state index in [1.54, 1.807) is 0 Å². The van der Waals surface area contributed by atoms with Crippen molar-refractivity contribution in [3.05, 3.63) is 35.6 Å². The van der Waals surface area contributed by atoms with Gasteiger partial charge in [0.15, 0.2) is 0 Å². The van der Waals surface area contributed by atoms with Crippen molar-refractivity contribution in [3.63, 3.8) is 0 Å². The molecule has 0 aromatic carbocycles. The number of likely N-dealkylation sites (tertiary alicyclic amines) is 1. The van der Waals surface area contributed by atoms with Crippen LogP contribution in [0, 0.1) is 0 Å². The molecule has 0 aromatic rings. The van der Waals surface area contributed by atoms with Gasteiger partial charge in [0.1, 0.15) is 11.4 Å². The third kappa shape index (κ3) is 4.99. The molecule has 22 heavy (non-hydrogen) atoms. The molecule has 2 aliphatic heterocycles. The Morgan fingerprint density at radius 1 is 1.41 bits per heavy atom. The molecule has 2 aliphatic rings. The van der Waals surface area contributed by atoms with Crippen molar-refractivity contribution in [3.8, 4) is 0 Å². The van der Waals surface area contributed by atoms with Crippen molar-refractivity contribution in [2.24, 2.45) is 0 Å². The number of hydrogen-bond donors (Lipinski definition) is 1. The van der Waals surface area contributed by atoms with Crippen molar-refractivity contribution in [1.82, 2.24) is 4.90 Å². The molecule has 3 heteroatoms. The van der Waals surface area contributed by atoms with Gasteiger partial charge in [0.25, 0.3) is 0 Å². The Bertz CT molecular complexity index is 456. The van der Waals surface area contributed by atoms with Gasteiger partial charge in [0, 0.05) is 6.54 Å². The third-order valence-corrected chi connectivity index (χ3v) is 4.70. The van der Waals surface area contributed by atoms with Crippen LogP contribution in [0.1, 0.15) is 52.9 Å². The van der Waals surface area contributed by atoms with Crippen LogP contribution >= 0.6 is 0 Å². The molecule has 2 rings (SSSR count). The van der Waals surface area contributed by atoms with Crippen LogP contribution in [0.2, 0.25) is 0 Å². The molecule has 1 N–H and O–H groups in total. The minimum atomic E-state index is -0.373. The number of nitrogens with zero attached hydrogens (tertiary/aromatic N) is 1. The van der Waals surface area contributed by atoms with Gasteiger partial charge in [-0.1, -0.05) is 12.7 Å². The maximum Gasteiger partial charge on any atom is 0.122 e. The molecule has 2 saturated heterocycles. The van der Waals surface area contributed by atoms with Gasteiger partial charge in [0.2, 0.25) is 0 Å². The largest absolute Gasteiger partial charge is 0.488 e. The average Bonchev–Trinajstić information content (AvgIpc) is 2.98. The molecule has 1 unspecified atom stereocenters. The highest BCUT2D eigenvalue weighted by atomic mass is 16.5. The SMILES string of the molecule is C=C1CCC(C)(C)O/C1=C/C=C(\C)C(O)CCN1CCCC1. The molecule has 1 atom stereocenters. The molecular formula is C19H31NO2. The minimum Gasteiger partial charge on any atom is -0.488 e. The van der Waals surface area contributed by atoms with Crippen molar-refractivity contribution < 1.29 is 9.84 Å². The first-order valence-corrected chi connectivity index (χ1v) is 8.53. The second-order valence-electron chi connectivity index (χ2n) is 7.26. The summed E-state index contributed by atoms with van der Waals surface area (Å²) in [5, 5.41) is 10.3. The van der Waals surface area contributed by atoms with E-state index in [-0.39, 0.29) is 11.7 Å². The van der Waals surface area contributed by atoms with Gasteiger partial charge < -0.3 is 14.7 Å². The van der Waals surface area contributed by atoms with E-state index in [0.717, 1.165) is 42.7 Å². The van der Waals surface area contributed by atoms with Crippen LogP contribution in [-0.2, 0) is 4.74 Å². The van der Waals surface area contributed by atoms with Gasteiger partial charge in [-0.15, -0.1) is 0 Å². The molecule has 0 aromatic heterocycles. The van der Waals surface area contributed by atoms with E-state index in [1.807, 2.05) is 19.1 Å². The van der Waals surface area contributed by atoms with E-state index in [9.17, 15) is 5.11 Å². The fourth-order valence-electron chi connectivity index (χ4n) is 3.00. The summed E-state index contributed by atoms with van der Waals surface area (Å²) in [4.78, 5) is 2.43. The van der Waals surface area contributed by atoms with Gasteiger partial charge in [-0.2, -0.15) is 0 Å². The maximum atomic E-state index is 10.3. The number of aliphatic hydroxyl groups is 1. The summed E-state index contributed by atoms with van der Waals surface area (Å²) in [6, 6.07) is 0. The van der Waals surface area contributed by atoms with Crippen molar-refractivity contribution in [1.29, 1.82) is 0 Å². The molecule has 0 amide bonds. The Hall–Kier alpha value is -1.06. The van der Waals surface area contributed by atoms with Crippen LogP contribution < -0.4 is 0 Å². The summed E-state index contributed by atoms with van der Waals surface area (Å²) >= 11 is 0. The lowest BCUT2D eigenvalue weighted by Gasteiger charge is -2.33. The molecule has 3 nitrogen and oxygen atoms in total.